The van der Waals surface area contributed by atoms with Crippen molar-refractivity contribution in [2.75, 3.05) is 31.2 Å². The predicted octanol–water partition coefficient (Wildman–Crippen LogP) is 0.501. The number of fused-ring (bicyclic) bond motifs is 1. The first kappa shape index (κ1) is 12.4. The number of methoxy groups -OCH3 is 1. The fourth-order valence-electron chi connectivity index (χ4n) is 3.07. The Balaban J connectivity index is 1.66. The molecule has 1 aromatic rings. The number of nitrogen functional groups attached to an aromatic ring is 1. The molecule has 3 N–H and O–H groups in total. The van der Waals surface area contributed by atoms with Crippen molar-refractivity contribution >= 4 is 11.9 Å². The summed E-state index contributed by atoms with van der Waals surface area (Å²) in [5.74, 6) is 0.702. The van der Waals surface area contributed by atoms with Crippen molar-refractivity contribution < 1.29 is 4.74 Å². The molecule has 1 aromatic heterocycles. The van der Waals surface area contributed by atoms with Crippen LogP contribution in [0.4, 0.5) is 11.9 Å². The Morgan fingerprint density at radius 1 is 1.26 bits per heavy atom. The van der Waals surface area contributed by atoms with Crippen LogP contribution in [0.2, 0.25) is 0 Å². The minimum Gasteiger partial charge on any atom is -0.467 e. The van der Waals surface area contributed by atoms with Crippen molar-refractivity contribution in [3.63, 3.8) is 0 Å². The lowest BCUT2D eigenvalue weighted by Gasteiger charge is -2.35. The highest BCUT2D eigenvalue weighted by molar-refractivity contribution is 5.33. The van der Waals surface area contributed by atoms with Crippen LogP contribution in [-0.4, -0.2) is 52.1 Å². The SMILES string of the molecule is COc1nc(N)nc(NC2CCN3CCCC3C2)n1. The third kappa shape index (κ3) is 2.70. The third-order valence-electron chi connectivity index (χ3n) is 3.97. The first-order valence-corrected chi connectivity index (χ1v) is 6.81. The van der Waals surface area contributed by atoms with Crippen LogP contribution in [-0.2, 0) is 0 Å². The molecule has 0 bridgehead atoms. The van der Waals surface area contributed by atoms with Crippen molar-refractivity contribution in [2.24, 2.45) is 0 Å². The van der Waals surface area contributed by atoms with E-state index >= 15 is 0 Å². The number of nitrogens with one attached hydrogen (secondary N) is 1. The lowest BCUT2D eigenvalue weighted by atomic mass is 9.98. The van der Waals surface area contributed by atoms with Crippen molar-refractivity contribution in [3.05, 3.63) is 0 Å². The molecule has 2 unspecified atom stereocenters. The monoisotopic (exact) mass is 264 g/mol. The molecule has 0 aromatic carbocycles. The predicted molar refractivity (Wildman–Crippen MR) is 72.0 cm³/mol. The third-order valence-corrected chi connectivity index (χ3v) is 3.97. The minimum absolute atomic E-state index is 0.188. The van der Waals surface area contributed by atoms with Crippen LogP contribution in [0.1, 0.15) is 25.7 Å². The van der Waals surface area contributed by atoms with Crippen molar-refractivity contribution in [1.82, 2.24) is 19.9 Å². The van der Waals surface area contributed by atoms with Gasteiger partial charge in [-0.05, 0) is 32.2 Å². The second kappa shape index (κ2) is 5.16. The molecular weight excluding hydrogens is 244 g/mol. The van der Waals surface area contributed by atoms with Crippen molar-refractivity contribution in [3.8, 4) is 6.01 Å². The summed E-state index contributed by atoms with van der Waals surface area (Å²) in [6, 6.07) is 1.38. The highest BCUT2D eigenvalue weighted by Gasteiger charge is 2.31. The number of nitrogens with two attached hydrogens (primary N) is 1. The molecule has 19 heavy (non-hydrogen) atoms. The van der Waals surface area contributed by atoms with Gasteiger partial charge in [0.25, 0.3) is 0 Å². The maximum Gasteiger partial charge on any atom is 0.322 e. The molecule has 2 aliphatic rings. The van der Waals surface area contributed by atoms with Crippen LogP contribution in [0.15, 0.2) is 0 Å². The summed E-state index contributed by atoms with van der Waals surface area (Å²) in [4.78, 5) is 14.8. The van der Waals surface area contributed by atoms with Crippen LogP contribution < -0.4 is 15.8 Å². The maximum absolute atomic E-state index is 5.64. The highest BCUT2D eigenvalue weighted by atomic mass is 16.5. The second-order valence-electron chi connectivity index (χ2n) is 5.20. The van der Waals surface area contributed by atoms with E-state index in [0.717, 1.165) is 19.4 Å². The van der Waals surface area contributed by atoms with Crippen LogP contribution in [0.3, 0.4) is 0 Å². The second-order valence-corrected chi connectivity index (χ2v) is 5.20. The Hall–Kier alpha value is -1.63. The first-order valence-electron chi connectivity index (χ1n) is 6.81. The molecule has 0 radical (unpaired) electrons. The Morgan fingerprint density at radius 2 is 2.16 bits per heavy atom. The van der Waals surface area contributed by atoms with Crippen LogP contribution in [0, 0.1) is 0 Å². The lowest BCUT2D eigenvalue weighted by molar-refractivity contribution is 0.187. The van der Waals surface area contributed by atoms with E-state index in [9.17, 15) is 0 Å². The zero-order valence-electron chi connectivity index (χ0n) is 11.2. The lowest BCUT2D eigenvalue weighted by Crippen LogP contribution is -2.43. The van der Waals surface area contributed by atoms with Gasteiger partial charge in [-0.25, -0.2) is 0 Å². The van der Waals surface area contributed by atoms with Gasteiger partial charge in [-0.1, -0.05) is 0 Å². The van der Waals surface area contributed by atoms with Gasteiger partial charge in [-0.15, -0.1) is 0 Å². The summed E-state index contributed by atoms with van der Waals surface area (Å²) >= 11 is 0. The molecule has 3 rings (SSSR count). The number of ether oxygens (including phenoxy) is 1. The zero-order chi connectivity index (χ0) is 13.2. The largest absolute Gasteiger partial charge is 0.467 e. The quantitative estimate of drug-likeness (QED) is 0.821. The molecule has 0 spiro atoms. The molecule has 2 atom stereocenters. The van der Waals surface area contributed by atoms with Gasteiger partial charge in [-0.2, -0.15) is 15.0 Å². The van der Waals surface area contributed by atoms with E-state index in [0.29, 0.717) is 18.0 Å². The Labute approximate surface area is 112 Å². The molecule has 2 aliphatic heterocycles. The summed E-state index contributed by atoms with van der Waals surface area (Å²) in [6.07, 6.45) is 4.89. The number of hydrogen-bond donors (Lipinski definition) is 2. The number of aromatic nitrogens is 3. The topological polar surface area (TPSA) is 89.2 Å². The smallest absolute Gasteiger partial charge is 0.322 e. The number of piperidine rings is 1. The van der Waals surface area contributed by atoms with Crippen LogP contribution in [0.25, 0.3) is 0 Å². The molecule has 0 saturated carbocycles. The number of anilines is 2. The summed E-state index contributed by atoms with van der Waals surface area (Å²) in [6.45, 7) is 2.41. The molecule has 0 aliphatic carbocycles. The van der Waals surface area contributed by atoms with E-state index in [1.165, 1.54) is 26.5 Å². The van der Waals surface area contributed by atoms with Gasteiger partial charge < -0.3 is 20.7 Å². The summed E-state index contributed by atoms with van der Waals surface area (Å²) in [5.41, 5.74) is 5.64. The Bertz CT molecular complexity index is 454. The van der Waals surface area contributed by atoms with Crippen LogP contribution >= 0.6 is 0 Å². The van der Waals surface area contributed by atoms with E-state index in [1.54, 1.807) is 0 Å². The van der Waals surface area contributed by atoms with Crippen molar-refractivity contribution in [1.29, 1.82) is 0 Å². The van der Waals surface area contributed by atoms with E-state index < -0.39 is 0 Å². The number of rotatable bonds is 3. The zero-order valence-corrected chi connectivity index (χ0v) is 11.2. The number of hydrogen-bond acceptors (Lipinski definition) is 7. The molecule has 104 valence electrons. The summed E-state index contributed by atoms with van der Waals surface area (Å²) < 4.78 is 5.00. The van der Waals surface area contributed by atoms with Crippen molar-refractivity contribution in [2.45, 2.75) is 37.8 Å². The fourth-order valence-corrected chi connectivity index (χ4v) is 3.07. The average molecular weight is 264 g/mol. The molecule has 3 heterocycles. The standard InChI is InChI=1S/C12H20N6O/c1-19-12-16-10(13)15-11(17-12)14-8-4-6-18-5-2-3-9(18)7-8/h8-9H,2-7H2,1H3,(H3,13,14,15,16,17). The van der Waals surface area contributed by atoms with Gasteiger partial charge in [-0.3, -0.25) is 0 Å². The molecule has 7 heteroatoms. The van der Waals surface area contributed by atoms with Gasteiger partial charge in [0.1, 0.15) is 0 Å². The van der Waals surface area contributed by atoms with Crippen LogP contribution in [0.5, 0.6) is 6.01 Å². The van der Waals surface area contributed by atoms with Gasteiger partial charge in [0, 0.05) is 18.6 Å². The fraction of sp³-hybridized carbons (Fsp3) is 0.750. The van der Waals surface area contributed by atoms with Gasteiger partial charge >= 0.3 is 6.01 Å². The minimum atomic E-state index is 0.188. The molecule has 7 nitrogen and oxygen atoms in total. The molecular formula is C12H20N6O. The average Bonchev–Trinajstić information content (AvgIpc) is 2.85. The normalized spacial score (nSPS) is 27.0. The number of nitrogens with zero attached hydrogens (tertiary/aromatic N) is 4. The summed E-state index contributed by atoms with van der Waals surface area (Å²) in [7, 11) is 1.52. The molecule has 0 amide bonds. The molecule has 2 saturated heterocycles. The first-order chi connectivity index (χ1) is 9.24. The Kier molecular flexibility index (Phi) is 3.37. The van der Waals surface area contributed by atoms with Gasteiger partial charge in [0.05, 0.1) is 7.11 Å². The Morgan fingerprint density at radius 3 is 3.00 bits per heavy atom. The summed E-state index contributed by atoms with van der Waals surface area (Å²) in [5, 5.41) is 3.36. The van der Waals surface area contributed by atoms with Gasteiger partial charge in [0.15, 0.2) is 0 Å². The molecule has 2 fully saturated rings. The van der Waals surface area contributed by atoms with E-state index in [2.05, 4.69) is 25.2 Å². The maximum atomic E-state index is 5.64. The van der Waals surface area contributed by atoms with E-state index in [1.807, 2.05) is 0 Å². The van der Waals surface area contributed by atoms with E-state index in [4.69, 9.17) is 10.5 Å². The highest BCUT2D eigenvalue weighted by Crippen LogP contribution is 2.28. The van der Waals surface area contributed by atoms with Gasteiger partial charge in [0.2, 0.25) is 11.9 Å². The van der Waals surface area contributed by atoms with E-state index in [-0.39, 0.29) is 12.0 Å².